The Morgan fingerprint density at radius 2 is 2.09 bits per heavy atom. The Morgan fingerprint density at radius 3 is 2.70 bits per heavy atom. The van der Waals surface area contributed by atoms with Crippen LogP contribution in [0, 0.1) is 22.7 Å². The fourth-order valence-corrected chi connectivity index (χ4v) is 5.25. The van der Waals surface area contributed by atoms with Crippen molar-refractivity contribution >= 4 is 5.97 Å². The fourth-order valence-electron chi connectivity index (χ4n) is 5.25. The van der Waals surface area contributed by atoms with Gasteiger partial charge in [0.15, 0.2) is 0 Å². The first-order chi connectivity index (χ1) is 10.8. The van der Waals surface area contributed by atoms with Crippen LogP contribution in [-0.4, -0.2) is 13.1 Å². The van der Waals surface area contributed by atoms with Crippen LogP contribution >= 0.6 is 0 Å². The lowest BCUT2D eigenvalue weighted by atomic mass is 9.46. The van der Waals surface area contributed by atoms with Crippen LogP contribution < -0.4 is 0 Å². The molecule has 2 rings (SSSR count). The van der Waals surface area contributed by atoms with Gasteiger partial charge in [-0.15, -0.1) is 0 Å². The Morgan fingerprint density at radius 1 is 1.39 bits per heavy atom. The van der Waals surface area contributed by atoms with Crippen molar-refractivity contribution in [1.82, 2.24) is 0 Å². The Kier molecular flexibility index (Phi) is 5.23. The number of carbonyl (C=O) groups excluding carboxylic acids is 1. The number of ether oxygens (including phenoxy) is 1. The SMILES string of the molecule is C=C/C(C)=C\C[C@H]1C(=C)CCC2[C@]1(C)CCC[C@]2(C)C(=O)OC. The van der Waals surface area contributed by atoms with E-state index in [-0.39, 0.29) is 16.8 Å². The van der Waals surface area contributed by atoms with Gasteiger partial charge in [-0.05, 0) is 63.2 Å². The van der Waals surface area contributed by atoms with Gasteiger partial charge < -0.3 is 4.74 Å². The molecule has 0 aromatic carbocycles. The van der Waals surface area contributed by atoms with Crippen molar-refractivity contribution in [3.05, 3.63) is 36.5 Å². The molecule has 1 unspecified atom stereocenters. The smallest absolute Gasteiger partial charge is 0.311 e. The first-order valence-electron chi connectivity index (χ1n) is 8.85. The summed E-state index contributed by atoms with van der Waals surface area (Å²) in [6.45, 7) is 14.8. The molecule has 0 saturated heterocycles. The summed E-state index contributed by atoms with van der Waals surface area (Å²) in [6, 6.07) is 0. The van der Waals surface area contributed by atoms with Crippen LogP contribution in [-0.2, 0) is 9.53 Å². The summed E-state index contributed by atoms with van der Waals surface area (Å²) in [4.78, 5) is 12.5. The van der Waals surface area contributed by atoms with Gasteiger partial charge in [0.1, 0.15) is 0 Å². The zero-order valence-electron chi connectivity index (χ0n) is 15.3. The van der Waals surface area contributed by atoms with E-state index in [9.17, 15) is 4.79 Å². The number of hydrogen-bond acceptors (Lipinski definition) is 2. The quantitative estimate of drug-likeness (QED) is 0.391. The van der Waals surface area contributed by atoms with Crippen LogP contribution in [0.25, 0.3) is 0 Å². The standard InChI is InChI=1S/C21H32O2/c1-7-15(2)9-11-17-16(3)10-12-18-20(17,4)13-8-14-21(18,5)19(22)23-6/h7,9,17-18H,1,3,8,10-14H2,2,4-6H3/b15-9-/t17-,18?,20+,21-/m0/s1. The average molecular weight is 316 g/mol. The predicted octanol–water partition coefficient (Wildman–Crippen LogP) is 5.46. The van der Waals surface area contributed by atoms with E-state index in [2.05, 4.69) is 40.0 Å². The third-order valence-electron chi connectivity index (χ3n) is 6.67. The van der Waals surface area contributed by atoms with Gasteiger partial charge >= 0.3 is 5.97 Å². The first kappa shape index (κ1) is 18.0. The highest BCUT2D eigenvalue weighted by molar-refractivity contribution is 5.77. The molecule has 0 amide bonds. The maximum atomic E-state index is 12.5. The van der Waals surface area contributed by atoms with Crippen LogP contribution in [0.5, 0.6) is 0 Å². The molecule has 2 fully saturated rings. The van der Waals surface area contributed by atoms with E-state index in [1.807, 2.05) is 6.08 Å². The fraction of sp³-hybridized carbons (Fsp3) is 0.667. The Balaban J connectivity index is 2.36. The van der Waals surface area contributed by atoms with Gasteiger partial charge in [0, 0.05) is 0 Å². The van der Waals surface area contributed by atoms with Gasteiger partial charge in [0.25, 0.3) is 0 Å². The number of rotatable bonds is 4. The predicted molar refractivity (Wildman–Crippen MR) is 96.0 cm³/mol. The lowest BCUT2D eigenvalue weighted by Gasteiger charge is -2.57. The summed E-state index contributed by atoms with van der Waals surface area (Å²) in [5.74, 6) is 0.794. The van der Waals surface area contributed by atoms with Crippen molar-refractivity contribution in [2.45, 2.75) is 59.3 Å². The molecule has 0 spiro atoms. The molecule has 2 aliphatic carbocycles. The highest BCUT2D eigenvalue weighted by Gasteiger charge is 2.57. The second-order valence-corrected chi connectivity index (χ2v) is 7.96. The van der Waals surface area contributed by atoms with Crippen molar-refractivity contribution in [3.8, 4) is 0 Å². The topological polar surface area (TPSA) is 26.3 Å². The van der Waals surface area contributed by atoms with Crippen LogP contribution in [0.15, 0.2) is 36.5 Å². The zero-order chi connectivity index (χ0) is 17.3. The van der Waals surface area contributed by atoms with E-state index in [0.717, 1.165) is 32.1 Å². The van der Waals surface area contributed by atoms with Gasteiger partial charge in [-0.1, -0.05) is 49.8 Å². The molecule has 0 heterocycles. The Labute approximate surface area is 141 Å². The molecular weight excluding hydrogens is 284 g/mol. The molecule has 0 radical (unpaired) electrons. The van der Waals surface area contributed by atoms with E-state index in [4.69, 9.17) is 4.74 Å². The van der Waals surface area contributed by atoms with Gasteiger partial charge in [0.05, 0.1) is 12.5 Å². The molecule has 4 atom stereocenters. The van der Waals surface area contributed by atoms with Crippen LogP contribution in [0.1, 0.15) is 59.3 Å². The van der Waals surface area contributed by atoms with E-state index in [1.165, 1.54) is 24.7 Å². The molecule has 2 saturated carbocycles. The van der Waals surface area contributed by atoms with Gasteiger partial charge in [0.2, 0.25) is 0 Å². The summed E-state index contributed by atoms with van der Waals surface area (Å²) in [6.07, 6.45) is 10.5. The van der Waals surface area contributed by atoms with E-state index < -0.39 is 0 Å². The molecule has 23 heavy (non-hydrogen) atoms. The van der Waals surface area contributed by atoms with E-state index >= 15 is 0 Å². The van der Waals surface area contributed by atoms with Gasteiger partial charge in [-0.25, -0.2) is 0 Å². The third-order valence-corrected chi connectivity index (χ3v) is 6.67. The van der Waals surface area contributed by atoms with Crippen LogP contribution in [0.4, 0.5) is 0 Å². The Bertz CT molecular complexity index is 530. The molecule has 128 valence electrons. The van der Waals surface area contributed by atoms with Crippen LogP contribution in [0.2, 0.25) is 0 Å². The summed E-state index contributed by atoms with van der Waals surface area (Å²) in [5.41, 5.74) is 2.35. The number of hydrogen-bond donors (Lipinski definition) is 0. The van der Waals surface area contributed by atoms with Crippen molar-refractivity contribution in [2.24, 2.45) is 22.7 Å². The summed E-state index contributed by atoms with van der Waals surface area (Å²) < 4.78 is 5.18. The molecule has 0 aromatic rings. The minimum atomic E-state index is -0.349. The Hall–Kier alpha value is -1.31. The van der Waals surface area contributed by atoms with Crippen molar-refractivity contribution < 1.29 is 9.53 Å². The lowest BCUT2D eigenvalue weighted by molar-refractivity contribution is -0.167. The molecule has 0 aromatic heterocycles. The molecule has 2 heteroatoms. The molecule has 2 aliphatic rings. The van der Waals surface area contributed by atoms with Gasteiger partial charge in [-0.3, -0.25) is 4.79 Å². The van der Waals surface area contributed by atoms with E-state index in [0.29, 0.717) is 11.8 Å². The maximum absolute atomic E-state index is 12.5. The number of esters is 1. The number of allylic oxidation sites excluding steroid dienone is 4. The second-order valence-electron chi connectivity index (χ2n) is 7.96. The third kappa shape index (κ3) is 3.05. The van der Waals surface area contributed by atoms with Crippen LogP contribution in [0.3, 0.4) is 0 Å². The summed E-state index contributed by atoms with van der Waals surface area (Å²) in [7, 11) is 1.52. The monoisotopic (exact) mass is 316 g/mol. The maximum Gasteiger partial charge on any atom is 0.311 e. The summed E-state index contributed by atoms with van der Waals surface area (Å²) >= 11 is 0. The largest absolute Gasteiger partial charge is 0.469 e. The van der Waals surface area contributed by atoms with Crippen molar-refractivity contribution in [3.63, 3.8) is 0 Å². The number of fused-ring (bicyclic) bond motifs is 1. The zero-order valence-corrected chi connectivity index (χ0v) is 15.3. The van der Waals surface area contributed by atoms with Crippen molar-refractivity contribution in [1.29, 1.82) is 0 Å². The molecule has 0 N–H and O–H groups in total. The minimum Gasteiger partial charge on any atom is -0.469 e. The average Bonchev–Trinajstić information content (AvgIpc) is 2.52. The molecule has 0 bridgehead atoms. The normalized spacial score (nSPS) is 37.9. The number of methoxy groups -OCH3 is 1. The number of carbonyl (C=O) groups is 1. The highest BCUT2D eigenvalue weighted by atomic mass is 16.5. The van der Waals surface area contributed by atoms with Gasteiger partial charge in [-0.2, -0.15) is 0 Å². The lowest BCUT2D eigenvalue weighted by Crippen LogP contribution is -2.53. The second kappa shape index (κ2) is 6.67. The minimum absolute atomic E-state index is 0.0301. The molecule has 0 aliphatic heterocycles. The molecular formula is C21H32O2. The first-order valence-corrected chi connectivity index (χ1v) is 8.85. The van der Waals surface area contributed by atoms with E-state index in [1.54, 1.807) is 0 Å². The summed E-state index contributed by atoms with van der Waals surface area (Å²) in [5, 5.41) is 0. The molecule has 2 nitrogen and oxygen atoms in total. The van der Waals surface area contributed by atoms with Crippen molar-refractivity contribution in [2.75, 3.05) is 7.11 Å². The highest BCUT2D eigenvalue weighted by Crippen LogP contribution is 2.62.